The third-order valence-corrected chi connectivity index (χ3v) is 6.96. The summed E-state index contributed by atoms with van der Waals surface area (Å²) >= 11 is 1.38. The van der Waals surface area contributed by atoms with Gasteiger partial charge >= 0.3 is 0 Å². The van der Waals surface area contributed by atoms with Crippen LogP contribution in [0.4, 0.5) is 5.69 Å². The Hall–Kier alpha value is -3.10. The molecule has 0 saturated carbocycles. The SMILES string of the molecule is Cc1cncc(-c2cccc(N3CC(N4CCN(C(=O)c5nccs5)CC4)CC3=O)c2)c1. The molecule has 164 valence electrons. The number of carbonyl (C=O) groups excluding carboxylic acids is 2. The van der Waals surface area contributed by atoms with Crippen LogP contribution in [0.3, 0.4) is 0 Å². The number of carbonyl (C=O) groups is 2. The Kier molecular flexibility index (Phi) is 5.71. The molecular weight excluding hydrogens is 422 g/mol. The van der Waals surface area contributed by atoms with Crippen molar-refractivity contribution in [1.82, 2.24) is 19.8 Å². The van der Waals surface area contributed by atoms with E-state index >= 15 is 0 Å². The van der Waals surface area contributed by atoms with Gasteiger partial charge in [-0.05, 0) is 36.2 Å². The number of benzene rings is 1. The second kappa shape index (κ2) is 8.80. The van der Waals surface area contributed by atoms with E-state index in [0.717, 1.165) is 35.5 Å². The van der Waals surface area contributed by atoms with E-state index in [1.54, 1.807) is 6.20 Å². The van der Waals surface area contributed by atoms with E-state index < -0.39 is 0 Å². The molecule has 0 bridgehead atoms. The first-order valence-corrected chi connectivity index (χ1v) is 11.7. The van der Waals surface area contributed by atoms with Gasteiger partial charge in [-0.1, -0.05) is 12.1 Å². The monoisotopic (exact) mass is 447 g/mol. The molecule has 2 saturated heterocycles. The molecule has 1 aromatic carbocycles. The highest BCUT2D eigenvalue weighted by Crippen LogP contribution is 2.29. The zero-order valence-electron chi connectivity index (χ0n) is 18.0. The summed E-state index contributed by atoms with van der Waals surface area (Å²) in [4.78, 5) is 39.9. The van der Waals surface area contributed by atoms with Gasteiger partial charge in [0.1, 0.15) is 0 Å². The zero-order chi connectivity index (χ0) is 22.1. The van der Waals surface area contributed by atoms with Crippen LogP contribution >= 0.6 is 11.3 Å². The van der Waals surface area contributed by atoms with Crippen molar-refractivity contribution in [1.29, 1.82) is 0 Å². The first-order chi connectivity index (χ1) is 15.6. The number of anilines is 1. The minimum Gasteiger partial charge on any atom is -0.334 e. The molecule has 0 aliphatic carbocycles. The van der Waals surface area contributed by atoms with E-state index in [2.05, 4.69) is 33.1 Å². The van der Waals surface area contributed by atoms with Crippen LogP contribution in [-0.4, -0.2) is 70.3 Å². The number of hydrogen-bond donors (Lipinski definition) is 0. The van der Waals surface area contributed by atoms with E-state index in [1.807, 2.05) is 46.6 Å². The van der Waals surface area contributed by atoms with E-state index in [1.165, 1.54) is 11.3 Å². The van der Waals surface area contributed by atoms with Gasteiger partial charge in [0.05, 0.1) is 0 Å². The Morgan fingerprint density at radius 3 is 2.69 bits per heavy atom. The number of hydrogen-bond acceptors (Lipinski definition) is 6. The van der Waals surface area contributed by atoms with Crippen LogP contribution in [0.15, 0.2) is 54.3 Å². The number of rotatable bonds is 4. The Morgan fingerprint density at radius 2 is 1.94 bits per heavy atom. The summed E-state index contributed by atoms with van der Waals surface area (Å²) in [5, 5.41) is 2.37. The van der Waals surface area contributed by atoms with Gasteiger partial charge in [-0.2, -0.15) is 0 Å². The minimum atomic E-state index is 0.00577. The average Bonchev–Trinajstić information content (AvgIpc) is 3.49. The van der Waals surface area contributed by atoms with Gasteiger partial charge in [0.25, 0.3) is 5.91 Å². The van der Waals surface area contributed by atoms with Gasteiger partial charge in [-0.3, -0.25) is 19.5 Å². The molecule has 1 unspecified atom stereocenters. The van der Waals surface area contributed by atoms with E-state index in [-0.39, 0.29) is 17.9 Å². The lowest BCUT2D eigenvalue weighted by molar-refractivity contribution is -0.117. The van der Waals surface area contributed by atoms with Crippen molar-refractivity contribution in [3.05, 3.63) is 64.9 Å². The van der Waals surface area contributed by atoms with Crippen molar-refractivity contribution < 1.29 is 9.59 Å². The number of aryl methyl sites for hydroxylation is 1. The maximum absolute atomic E-state index is 12.9. The van der Waals surface area contributed by atoms with Gasteiger partial charge in [-0.25, -0.2) is 4.98 Å². The lowest BCUT2D eigenvalue weighted by Crippen LogP contribution is -2.52. The number of thiazole rings is 1. The predicted molar refractivity (Wildman–Crippen MR) is 125 cm³/mol. The van der Waals surface area contributed by atoms with Crippen LogP contribution < -0.4 is 4.90 Å². The summed E-state index contributed by atoms with van der Waals surface area (Å²) in [6.07, 6.45) is 5.87. The van der Waals surface area contributed by atoms with Crippen LogP contribution in [0.2, 0.25) is 0 Å². The zero-order valence-corrected chi connectivity index (χ0v) is 18.8. The first-order valence-electron chi connectivity index (χ1n) is 10.8. The van der Waals surface area contributed by atoms with E-state index in [0.29, 0.717) is 31.1 Å². The normalized spacial score (nSPS) is 19.5. The number of pyridine rings is 1. The highest BCUT2D eigenvalue weighted by atomic mass is 32.1. The first kappa shape index (κ1) is 20.8. The highest BCUT2D eigenvalue weighted by Gasteiger charge is 2.36. The fourth-order valence-corrected chi connectivity index (χ4v) is 5.11. The second-order valence-corrected chi connectivity index (χ2v) is 9.22. The van der Waals surface area contributed by atoms with Crippen molar-refractivity contribution in [2.75, 3.05) is 37.6 Å². The Labute approximate surface area is 191 Å². The highest BCUT2D eigenvalue weighted by molar-refractivity contribution is 7.11. The number of nitrogens with zero attached hydrogens (tertiary/aromatic N) is 5. The van der Waals surface area contributed by atoms with Gasteiger partial charge in [0.2, 0.25) is 5.91 Å². The molecule has 5 rings (SSSR count). The van der Waals surface area contributed by atoms with Gasteiger partial charge < -0.3 is 9.80 Å². The van der Waals surface area contributed by atoms with Crippen molar-refractivity contribution in [2.45, 2.75) is 19.4 Å². The minimum absolute atomic E-state index is 0.00577. The molecule has 3 aromatic rings. The number of aromatic nitrogens is 2. The summed E-state index contributed by atoms with van der Waals surface area (Å²) in [7, 11) is 0. The van der Waals surface area contributed by atoms with Crippen LogP contribution in [0, 0.1) is 6.92 Å². The largest absolute Gasteiger partial charge is 0.334 e. The summed E-state index contributed by atoms with van der Waals surface area (Å²) in [6, 6.07) is 10.4. The summed E-state index contributed by atoms with van der Waals surface area (Å²) in [5.74, 6) is 0.155. The molecule has 32 heavy (non-hydrogen) atoms. The standard InChI is InChI=1S/C24H25N5O2S/c1-17-11-19(15-25-14-17)18-3-2-4-20(12-18)29-16-21(13-22(29)30)27-6-8-28(9-7-27)24(31)23-26-5-10-32-23/h2-5,10-12,14-15,21H,6-9,13,16H2,1H3. The molecule has 2 aliphatic heterocycles. The molecule has 4 heterocycles. The third-order valence-electron chi connectivity index (χ3n) is 6.20. The van der Waals surface area contributed by atoms with E-state index in [4.69, 9.17) is 0 Å². The molecule has 0 radical (unpaired) electrons. The van der Waals surface area contributed by atoms with Gasteiger partial charge in [0, 0.05) is 80.4 Å². The fourth-order valence-electron chi connectivity index (χ4n) is 4.50. The molecule has 0 spiro atoms. The summed E-state index contributed by atoms with van der Waals surface area (Å²) in [5.41, 5.74) is 4.15. The maximum atomic E-state index is 12.9. The van der Waals surface area contributed by atoms with Crippen LogP contribution in [0.25, 0.3) is 11.1 Å². The average molecular weight is 448 g/mol. The fraction of sp³-hybridized carbons (Fsp3) is 0.333. The molecule has 2 fully saturated rings. The molecule has 8 heteroatoms. The summed E-state index contributed by atoms with van der Waals surface area (Å²) in [6.45, 7) is 5.59. The van der Waals surface area contributed by atoms with Gasteiger partial charge in [0.15, 0.2) is 5.01 Å². The molecule has 2 amide bonds. The van der Waals surface area contributed by atoms with Crippen LogP contribution in [0.5, 0.6) is 0 Å². The quantitative estimate of drug-likeness (QED) is 0.615. The summed E-state index contributed by atoms with van der Waals surface area (Å²) < 4.78 is 0. The topological polar surface area (TPSA) is 69.6 Å². The molecular formula is C24H25N5O2S. The molecule has 2 aromatic heterocycles. The van der Waals surface area contributed by atoms with Crippen molar-refractivity contribution in [3.8, 4) is 11.1 Å². The van der Waals surface area contributed by atoms with Crippen LogP contribution in [-0.2, 0) is 4.79 Å². The molecule has 2 aliphatic rings. The van der Waals surface area contributed by atoms with Crippen LogP contribution in [0.1, 0.15) is 21.8 Å². The number of piperazine rings is 1. The molecule has 1 atom stereocenters. The molecule has 0 N–H and O–H groups in total. The Bertz CT molecular complexity index is 1120. The Balaban J connectivity index is 1.24. The van der Waals surface area contributed by atoms with Crippen molar-refractivity contribution in [2.24, 2.45) is 0 Å². The maximum Gasteiger partial charge on any atom is 0.282 e. The second-order valence-electron chi connectivity index (χ2n) is 8.33. The van der Waals surface area contributed by atoms with Crippen molar-refractivity contribution >= 4 is 28.8 Å². The lowest BCUT2D eigenvalue weighted by Gasteiger charge is -2.37. The van der Waals surface area contributed by atoms with E-state index in [9.17, 15) is 9.59 Å². The predicted octanol–water partition coefficient (Wildman–Crippen LogP) is 3.08. The number of amides is 2. The van der Waals surface area contributed by atoms with Gasteiger partial charge in [-0.15, -0.1) is 11.3 Å². The third kappa shape index (κ3) is 4.16. The smallest absolute Gasteiger partial charge is 0.282 e. The Morgan fingerprint density at radius 1 is 1.09 bits per heavy atom. The molecule has 7 nitrogen and oxygen atoms in total. The lowest BCUT2D eigenvalue weighted by atomic mass is 10.1. The van der Waals surface area contributed by atoms with Crippen molar-refractivity contribution in [3.63, 3.8) is 0 Å².